The van der Waals surface area contributed by atoms with E-state index in [4.69, 9.17) is 5.73 Å². The molecule has 1 atom stereocenters. The van der Waals surface area contributed by atoms with Crippen LogP contribution in [0.4, 0.5) is 13.2 Å². The van der Waals surface area contributed by atoms with Crippen LogP contribution in [0.25, 0.3) is 22.4 Å². The first kappa shape index (κ1) is 23.9. The Bertz CT molecular complexity index is 1280. The Morgan fingerprint density at radius 3 is 2.50 bits per heavy atom. The number of aromatic nitrogens is 2. The van der Waals surface area contributed by atoms with Gasteiger partial charge in [-0.2, -0.15) is 18.3 Å². The predicted molar refractivity (Wildman–Crippen MR) is 129 cm³/mol. The van der Waals surface area contributed by atoms with Gasteiger partial charge >= 0.3 is 6.18 Å². The maximum Gasteiger partial charge on any atom is 0.416 e. The number of aryl methyl sites for hydroxylation is 1. The molecule has 0 radical (unpaired) electrons. The van der Waals surface area contributed by atoms with Crippen LogP contribution in [-0.2, 0) is 19.6 Å². The van der Waals surface area contributed by atoms with Crippen LogP contribution >= 0.6 is 11.3 Å². The maximum atomic E-state index is 13.4. The summed E-state index contributed by atoms with van der Waals surface area (Å²) in [6.45, 7) is 0.121. The van der Waals surface area contributed by atoms with Crippen LogP contribution in [0.3, 0.4) is 0 Å². The molecule has 0 amide bonds. The Morgan fingerprint density at radius 2 is 1.79 bits per heavy atom. The SMILES string of the molecule is Cn1ncc(-c2ccccc2)c1-c1csc(C(=O)C[C@H](CN)Cc2ccccc2C(F)(F)F)c1. The van der Waals surface area contributed by atoms with E-state index in [0.717, 1.165) is 28.5 Å². The van der Waals surface area contributed by atoms with Crippen LogP contribution in [-0.4, -0.2) is 22.1 Å². The lowest BCUT2D eigenvalue weighted by Crippen LogP contribution is -2.22. The van der Waals surface area contributed by atoms with E-state index in [9.17, 15) is 18.0 Å². The number of nitrogens with zero attached hydrogens (tertiary/aromatic N) is 2. The zero-order chi connectivity index (χ0) is 24.3. The van der Waals surface area contributed by atoms with Crippen LogP contribution in [0.2, 0.25) is 0 Å². The van der Waals surface area contributed by atoms with Crippen LogP contribution in [0.1, 0.15) is 27.2 Å². The second kappa shape index (κ2) is 9.95. The van der Waals surface area contributed by atoms with Crippen molar-refractivity contribution in [3.63, 3.8) is 0 Å². The Hall–Kier alpha value is -3.23. The predicted octanol–water partition coefficient (Wildman–Crippen LogP) is 6.22. The molecule has 2 aromatic carbocycles. The lowest BCUT2D eigenvalue weighted by Gasteiger charge is -2.17. The van der Waals surface area contributed by atoms with Crippen LogP contribution in [0.15, 0.2) is 72.2 Å². The standard InChI is InChI=1S/C26H24F3N3OS/c1-32-25(21(15-31-32)18-7-3-2-4-8-18)20-13-24(34-16-20)23(33)12-17(14-30)11-19-9-5-6-10-22(19)26(27,28)29/h2-10,13,15-17H,11-12,14,30H2,1H3/t17-/m1/s1. The van der Waals surface area contributed by atoms with Gasteiger partial charge in [-0.3, -0.25) is 9.48 Å². The molecule has 2 heterocycles. The van der Waals surface area contributed by atoms with E-state index in [-0.39, 0.29) is 30.7 Å². The van der Waals surface area contributed by atoms with Gasteiger partial charge in [0.2, 0.25) is 0 Å². The average molecular weight is 484 g/mol. The first-order valence-corrected chi connectivity index (χ1v) is 11.7. The molecule has 0 fully saturated rings. The molecule has 0 saturated carbocycles. The van der Waals surface area contributed by atoms with Crippen molar-refractivity contribution in [1.82, 2.24) is 9.78 Å². The summed E-state index contributed by atoms with van der Waals surface area (Å²) in [6.07, 6.45) is -2.47. The highest BCUT2D eigenvalue weighted by Crippen LogP contribution is 2.36. The van der Waals surface area contributed by atoms with E-state index < -0.39 is 17.7 Å². The van der Waals surface area contributed by atoms with Crippen molar-refractivity contribution < 1.29 is 18.0 Å². The molecule has 176 valence electrons. The minimum atomic E-state index is -4.44. The van der Waals surface area contributed by atoms with Gasteiger partial charge in [-0.05, 0) is 42.1 Å². The molecule has 0 aliphatic carbocycles. The number of alkyl halides is 3. The number of Topliss-reactive ketones (excluding diaryl/α,β-unsaturated/α-hetero) is 1. The third kappa shape index (κ3) is 5.13. The molecule has 0 spiro atoms. The highest BCUT2D eigenvalue weighted by atomic mass is 32.1. The van der Waals surface area contributed by atoms with Gasteiger partial charge in [-0.15, -0.1) is 11.3 Å². The number of thiophene rings is 1. The van der Waals surface area contributed by atoms with Crippen molar-refractivity contribution in [2.45, 2.75) is 19.0 Å². The zero-order valence-electron chi connectivity index (χ0n) is 18.5. The Balaban J connectivity index is 1.53. The maximum absolute atomic E-state index is 13.4. The number of halogens is 3. The molecule has 0 unspecified atom stereocenters. The van der Waals surface area contributed by atoms with Gasteiger partial charge in [-0.25, -0.2) is 0 Å². The van der Waals surface area contributed by atoms with E-state index in [1.165, 1.54) is 23.5 Å². The third-order valence-electron chi connectivity index (χ3n) is 5.81. The van der Waals surface area contributed by atoms with Crippen molar-refractivity contribution in [2.75, 3.05) is 6.54 Å². The number of rotatable bonds is 8. The molecule has 2 aromatic heterocycles. The summed E-state index contributed by atoms with van der Waals surface area (Å²) in [5.74, 6) is -0.516. The molecular weight excluding hydrogens is 459 g/mol. The smallest absolute Gasteiger partial charge is 0.330 e. The van der Waals surface area contributed by atoms with E-state index in [1.807, 2.05) is 48.8 Å². The highest BCUT2D eigenvalue weighted by molar-refractivity contribution is 7.12. The number of ketones is 1. The number of hydrogen-bond donors (Lipinski definition) is 1. The van der Waals surface area contributed by atoms with Gasteiger partial charge in [-0.1, -0.05) is 48.5 Å². The Labute approximate surface area is 199 Å². The Morgan fingerprint density at radius 1 is 1.09 bits per heavy atom. The zero-order valence-corrected chi connectivity index (χ0v) is 19.4. The molecule has 0 aliphatic rings. The fraction of sp³-hybridized carbons (Fsp3) is 0.231. The van der Waals surface area contributed by atoms with Crippen LogP contribution < -0.4 is 5.73 Å². The minimum Gasteiger partial charge on any atom is -0.330 e. The summed E-state index contributed by atoms with van der Waals surface area (Å²) in [7, 11) is 1.85. The van der Waals surface area contributed by atoms with Gasteiger partial charge in [0, 0.05) is 30.0 Å². The summed E-state index contributed by atoms with van der Waals surface area (Å²) < 4.78 is 41.8. The quantitative estimate of drug-likeness (QED) is 0.303. The van der Waals surface area contributed by atoms with Crippen LogP contribution in [0.5, 0.6) is 0 Å². The van der Waals surface area contributed by atoms with Crippen molar-refractivity contribution in [3.8, 4) is 22.4 Å². The third-order valence-corrected chi connectivity index (χ3v) is 6.78. The second-order valence-electron chi connectivity index (χ2n) is 8.18. The normalized spacial score (nSPS) is 12.6. The second-order valence-corrected chi connectivity index (χ2v) is 9.10. The lowest BCUT2D eigenvalue weighted by molar-refractivity contribution is -0.138. The van der Waals surface area contributed by atoms with Gasteiger partial charge in [0.25, 0.3) is 0 Å². The number of nitrogens with two attached hydrogens (primary N) is 1. The first-order valence-electron chi connectivity index (χ1n) is 10.8. The minimum absolute atomic E-state index is 0.0829. The van der Waals surface area contributed by atoms with E-state index >= 15 is 0 Å². The number of carbonyl (C=O) groups is 1. The molecule has 8 heteroatoms. The summed E-state index contributed by atoms with van der Waals surface area (Å²) in [6, 6.07) is 17.1. The number of carbonyl (C=O) groups excluding carboxylic acids is 1. The first-order chi connectivity index (χ1) is 16.3. The molecule has 4 nitrogen and oxygen atoms in total. The van der Waals surface area contributed by atoms with Gasteiger partial charge in [0.05, 0.1) is 22.3 Å². The van der Waals surface area contributed by atoms with E-state index in [0.29, 0.717) is 4.88 Å². The molecular formula is C26H24F3N3OS. The van der Waals surface area contributed by atoms with Gasteiger partial charge in [0.1, 0.15) is 0 Å². The molecule has 0 bridgehead atoms. The largest absolute Gasteiger partial charge is 0.416 e. The Kier molecular flexibility index (Phi) is 7.00. The summed E-state index contributed by atoms with van der Waals surface area (Å²) >= 11 is 1.32. The fourth-order valence-electron chi connectivity index (χ4n) is 4.10. The summed E-state index contributed by atoms with van der Waals surface area (Å²) in [5, 5.41) is 6.30. The summed E-state index contributed by atoms with van der Waals surface area (Å²) in [5.41, 5.74) is 9.09. The van der Waals surface area contributed by atoms with E-state index in [2.05, 4.69) is 5.10 Å². The van der Waals surface area contributed by atoms with E-state index in [1.54, 1.807) is 16.9 Å². The fourth-order valence-corrected chi connectivity index (χ4v) is 4.95. The molecule has 2 N–H and O–H groups in total. The lowest BCUT2D eigenvalue weighted by atomic mass is 9.91. The molecule has 34 heavy (non-hydrogen) atoms. The topological polar surface area (TPSA) is 60.9 Å². The summed E-state index contributed by atoms with van der Waals surface area (Å²) in [4.78, 5) is 13.6. The monoisotopic (exact) mass is 483 g/mol. The van der Waals surface area contributed by atoms with Crippen molar-refractivity contribution in [1.29, 1.82) is 0 Å². The average Bonchev–Trinajstić information content (AvgIpc) is 3.45. The molecule has 0 aliphatic heterocycles. The number of benzene rings is 2. The van der Waals surface area contributed by atoms with Crippen LogP contribution in [0, 0.1) is 5.92 Å². The number of hydrogen-bond acceptors (Lipinski definition) is 4. The molecule has 4 aromatic rings. The van der Waals surface area contributed by atoms with Crippen molar-refractivity contribution in [3.05, 3.63) is 88.2 Å². The van der Waals surface area contributed by atoms with Gasteiger partial charge < -0.3 is 5.73 Å². The molecule has 4 rings (SSSR count). The van der Waals surface area contributed by atoms with Crippen molar-refractivity contribution >= 4 is 17.1 Å². The van der Waals surface area contributed by atoms with Gasteiger partial charge in [0.15, 0.2) is 5.78 Å². The van der Waals surface area contributed by atoms with Crippen molar-refractivity contribution in [2.24, 2.45) is 18.7 Å². The molecule has 0 saturated heterocycles. The highest BCUT2D eigenvalue weighted by Gasteiger charge is 2.33.